The van der Waals surface area contributed by atoms with Crippen LogP contribution in [0.2, 0.25) is 0 Å². The van der Waals surface area contributed by atoms with E-state index in [1.807, 2.05) is 32.0 Å². The van der Waals surface area contributed by atoms with Gasteiger partial charge in [0.1, 0.15) is 6.29 Å². The van der Waals surface area contributed by atoms with Crippen LogP contribution in [0.1, 0.15) is 18.3 Å². The molecule has 0 saturated heterocycles. The lowest BCUT2D eigenvalue weighted by Gasteiger charge is -2.16. The van der Waals surface area contributed by atoms with E-state index in [-0.39, 0.29) is 0 Å². The summed E-state index contributed by atoms with van der Waals surface area (Å²) in [7, 11) is 0. The molecule has 0 bridgehead atoms. The second-order valence-electron chi connectivity index (χ2n) is 3.26. The summed E-state index contributed by atoms with van der Waals surface area (Å²) in [5.41, 5.74) is 2.04. The highest BCUT2D eigenvalue weighted by Gasteiger charge is 2.03. The van der Waals surface area contributed by atoms with E-state index in [9.17, 15) is 4.79 Å². The molecule has 1 rings (SSSR count). The van der Waals surface area contributed by atoms with Crippen LogP contribution in [0.25, 0.3) is 0 Å². The monoisotopic (exact) mass is 192 g/mol. The average Bonchev–Trinajstić information content (AvgIpc) is 2.17. The summed E-state index contributed by atoms with van der Waals surface area (Å²) >= 11 is 0. The number of nitrogens with zero attached hydrogens (tertiary/aromatic N) is 2. The molecule has 0 aliphatic heterocycles. The van der Waals surface area contributed by atoms with Gasteiger partial charge in [0.2, 0.25) is 0 Å². The van der Waals surface area contributed by atoms with Crippen LogP contribution < -0.4 is 0 Å². The predicted octanol–water partition coefficient (Wildman–Crippen LogP) is 1.41. The van der Waals surface area contributed by atoms with Crippen molar-refractivity contribution >= 4 is 6.29 Å². The summed E-state index contributed by atoms with van der Waals surface area (Å²) < 4.78 is 0. The smallest absolute Gasteiger partial charge is 0.133 e. The van der Waals surface area contributed by atoms with Crippen LogP contribution in [0.3, 0.4) is 0 Å². The molecular weight excluding hydrogens is 176 g/mol. The van der Waals surface area contributed by atoms with Crippen molar-refractivity contribution in [3.05, 3.63) is 29.6 Å². The number of aryl methyl sites for hydroxylation is 1. The lowest BCUT2D eigenvalue weighted by molar-refractivity contribution is -0.108. The zero-order valence-electron chi connectivity index (χ0n) is 8.73. The number of pyridine rings is 1. The average molecular weight is 192 g/mol. The number of aromatic nitrogens is 1. The van der Waals surface area contributed by atoms with Crippen molar-refractivity contribution in [2.45, 2.75) is 20.4 Å². The van der Waals surface area contributed by atoms with Crippen LogP contribution in [0.15, 0.2) is 18.2 Å². The molecule has 3 nitrogen and oxygen atoms in total. The van der Waals surface area contributed by atoms with Crippen molar-refractivity contribution in [1.29, 1.82) is 0 Å². The Bertz CT molecular complexity index is 299. The van der Waals surface area contributed by atoms with Crippen LogP contribution in [0.5, 0.6) is 0 Å². The van der Waals surface area contributed by atoms with E-state index in [0.29, 0.717) is 6.54 Å². The number of likely N-dealkylation sites (N-methyl/N-ethyl adjacent to an activating group) is 1. The first-order valence-corrected chi connectivity index (χ1v) is 4.84. The normalized spacial score (nSPS) is 10.5. The van der Waals surface area contributed by atoms with Gasteiger partial charge in [0.05, 0.1) is 12.2 Å². The molecule has 0 radical (unpaired) electrons. The Balaban J connectivity index is 2.61. The van der Waals surface area contributed by atoms with Gasteiger partial charge >= 0.3 is 0 Å². The molecule has 0 aliphatic carbocycles. The molecule has 14 heavy (non-hydrogen) atoms. The van der Waals surface area contributed by atoms with E-state index in [1.54, 1.807) is 0 Å². The Hall–Kier alpha value is -1.22. The van der Waals surface area contributed by atoms with Crippen molar-refractivity contribution < 1.29 is 4.79 Å². The Morgan fingerprint density at radius 1 is 1.50 bits per heavy atom. The molecule has 0 saturated carbocycles. The lowest BCUT2D eigenvalue weighted by Crippen LogP contribution is -2.25. The Morgan fingerprint density at radius 3 is 2.86 bits per heavy atom. The highest BCUT2D eigenvalue weighted by Crippen LogP contribution is 2.02. The number of carbonyl (C=O) groups is 1. The van der Waals surface area contributed by atoms with Crippen LogP contribution in [0.4, 0.5) is 0 Å². The minimum atomic E-state index is 0.478. The maximum atomic E-state index is 10.4. The molecule has 3 heteroatoms. The molecule has 1 aromatic rings. The van der Waals surface area contributed by atoms with Gasteiger partial charge in [0, 0.05) is 12.2 Å². The fraction of sp³-hybridized carbons (Fsp3) is 0.455. The number of aldehydes is 1. The molecule has 76 valence electrons. The van der Waals surface area contributed by atoms with Gasteiger partial charge in [-0.05, 0) is 25.6 Å². The van der Waals surface area contributed by atoms with Crippen LogP contribution in [-0.2, 0) is 11.3 Å². The minimum Gasteiger partial charge on any atom is -0.302 e. The molecule has 1 heterocycles. The van der Waals surface area contributed by atoms with E-state index in [1.165, 1.54) is 0 Å². The summed E-state index contributed by atoms with van der Waals surface area (Å²) in [4.78, 5) is 16.8. The van der Waals surface area contributed by atoms with Crippen LogP contribution in [-0.4, -0.2) is 29.3 Å². The molecule has 0 aromatic carbocycles. The Labute approximate surface area is 84.8 Å². The van der Waals surface area contributed by atoms with E-state index < -0.39 is 0 Å². The van der Waals surface area contributed by atoms with Gasteiger partial charge in [0.15, 0.2) is 0 Å². The first-order chi connectivity index (χ1) is 6.76. The zero-order valence-corrected chi connectivity index (χ0v) is 8.73. The summed E-state index contributed by atoms with van der Waals surface area (Å²) in [6, 6.07) is 5.95. The molecular formula is C11H16N2O. The first-order valence-electron chi connectivity index (χ1n) is 4.84. The fourth-order valence-electron chi connectivity index (χ4n) is 1.33. The summed E-state index contributed by atoms with van der Waals surface area (Å²) in [5, 5.41) is 0. The third-order valence-corrected chi connectivity index (χ3v) is 2.11. The van der Waals surface area contributed by atoms with Crippen molar-refractivity contribution in [2.75, 3.05) is 13.1 Å². The molecule has 0 N–H and O–H groups in total. The quantitative estimate of drug-likeness (QED) is 0.661. The number of carbonyl (C=O) groups excluding carboxylic acids is 1. The van der Waals surface area contributed by atoms with E-state index in [4.69, 9.17) is 0 Å². The SMILES string of the molecule is CCN(CC=O)Cc1cccc(C)n1. The maximum absolute atomic E-state index is 10.4. The molecule has 0 spiro atoms. The first kappa shape index (κ1) is 10.9. The fourth-order valence-corrected chi connectivity index (χ4v) is 1.33. The number of rotatable bonds is 5. The van der Waals surface area contributed by atoms with Gasteiger partial charge in [-0.15, -0.1) is 0 Å². The van der Waals surface area contributed by atoms with Crippen molar-refractivity contribution in [3.8, 4) is 0 Å². The molecule has 1 aromatic heterocycles. The van der Waals surface area contributed by atoms with E-state index in [2.05, 4.69) is 9.88 Å². The molecule has 0 amide bonds. The van der Waals surface area contributed by atoms with Gasteiger partial charge in [0.25, 0.3) is 0 Å². The topological polar surface area (TPSA) is 33.2 Å². The van der Waals surface area contributed by atoms with Gasteiger partial charge in [-0.3, -0.25) is 9.88 Å². The van der Waals surface area contributed by atoms with Gasteiger partial charge in [-0.2, -0.15) is 0 Å². The van der Waals surface area contributed by atoms with Gasteiger partial charge < -0.3 is 4.79 Å². The zero-order chi connectivity index (χ0) is 10.4. The van der Waals surface area contributed by atoms with E-state index in [0.717, 1.165) is 30.8 Å². The van der Waals surface area contributed by atoms with E-state index >= 15 is 0 Å². The van der Waals surface area contributed by atoms with Crippen molar-refractivity contribution in [2.24, 2.45) is 0 Å². The lowest BCUT2D eigenvalue weighted by atomic mass is 10.3. The van der Waals surface area contributed by atoms with Crippen LogP contribution in [0, 0.1) is 6.92 Å². The molecule has 0 atom stereocenters. The maximum Gasteiger partial charge on any atom is 0.133 e. The Kier molecular flexibility index (Phi) is 4.26. The minimum absolute atomic E-state index is 0.478. The third-order valence-electron chi connectivity index (χ3n) is 2.11. The standard InChI is InChI=1S/C11H16N2O/c1-3-13(7-8-14)9-11-6-4-5-10(2)12-11/h4-6,8H,3,7,9H2,1-2H3. The van der Waals surface area contributed by atoms with Gasteiger partial charge in [-0.1, -0.05) is 13.0 Å². The number of hydrogen-bond acceptors (Lipinski definition) is 3. The highest BCUT2D eigenvalue weighted by molar-refractivity contribution is 5.51. The number of hydrogen-bond donors (Lipinski definition) is 0. The van der Waals surface area contributed by atoms with Gasteiger partial charge in [-0.25, -0.2) is 0 Å². The van der Waals surface area contributed by atoms with Crippen molar-refractivity contribution in [1.82, 2.24) is 9.88 Å². The summed E-state index contributed by atoms with van der Waals surface area (Å²) in [6.45, 7) is 6.11. The van der Waals surface area contributed by atoms with Crippen molar-refractivity contribution in [3.63, 3.8) is 0 Å². The largest absolute Gasteiger partial charge is 0.302 e. The summed E-state index contributed by atoms with van der Waals surface area (Å²) in [5.74, 6) is 0. The second-order valence-corrected chi connectivity index (χ2v) is 3.26. The second kappa shape index (κ2) is 5.50. The van der Waals surface area contributed by atoms with Crippen LogP contribution >= 0.6 is 0 Å². The highest BCUT2D eigenvalue weighted by atomic mass is 16.1. The summed E-state index contributed by atoms with van der Waals surface area (Å²) in [6.07, 6.45) is 0.930. The molecule has 0 fully saturated rings. The molecule has 0 unspecified atom stereocenters. The molecule has 0 aliphatic rings. The third kappa shape index (κ3) is 3.26. The predicted molar refractivity (Wildman–Crippen MR) is 56.0 cm³/mol. The Morgan fingerprint density at radius 2 is 2.29 bits per heavy atom.